The van der Waals surface area contributed by atoms with Crippen LogP contribution in [0, 0.1) is 6.92 Å². The smallest absolute Gasteiger partial charge is 0.191 e. The van der Waals surface area contributed by atoms with E-state index in [0.29, 0.717) is 5.11 Å². The van der Waals surface area contributed by atoms with Crippen LogP contribution in [0.25, 0.3) is 0 Å². The molecule has 3 rings (SSSR count). The molecule has 0 amide bonds. The molecule has 0 heterocycles. The number of benzene rings is 3. The van der Waals surface area contributed by atoms with Gasteiger partial charge in [-0.2, -0.15) is 5.10 Å². The number of hydrogen-bond donors (Lipinski definition) is 2. The molecule has 0 aliphatic rings. The molecule has 0 unspecified atom stereocenters. The number of hydrogen-bond acceptors (Lipinski definition) is 3. The Hall–Kier alpha value is -2.89. The number of aryl methyl sites for hydroxylation is 1. The van der Waals surface area contributed by atoms with Gasteiger partial charge in [0.1, 0.15) is 11.5 Å². The van der Waals surface area contributed by atoms with Gasteiger partial charge in [0.15, 0.2) is 5.11 Å². The Morgan fingerprint density at radius 2 is 1.70 bits per heavy atom. The number of rotatable bonds is 5. The lowest BCUT2D eigenvalue weighted by Gasteiger charge is -2.08. The topological polar surface area (TPSA) is 45.6 Å². The summed E-state index contributed by atoms with van der Waals surface area (Å²) in [5, 5.41) is 8.34. The highest BCUT2D eigenvalue weighted by Gasteiger charge is 2.01. The molecule has 3 aromatic carbocycles. The lowest BCUT2D eigenvalue weighted by Crippen LogP contribution is -2.23. The predicted octanol–water partition coefficient (Wildman–Crippen LogP) is 5.76. The number of thiocarbonyl (C=S) groups is 1. The summed E-state index contributed by atoms with van der Waals surface area (Å²) in [7, 11) is 0. The summed E-state index contributed by atoms with van der Waals surface area (Å²) in [6.07, 6.45) is 1.69. The van der Waals surface area contributed by atoms with Crippen molar-refractivity contribution in [3.8, 4) is 11.5 Å². The maximum absolute atomic E-state index is 6.03. The van der Waals surface area contributed by atoms with Crippen LogP contribution >= 0.6 is 23.8 Å². The van der Waals surface area contributed by atoms with Gasteiger partial charge in [0, 0.05) is 10.7 Å². The number of para-hydroxylation sites is 1. The lowest BCUT2D eigenvalue weighted by molar-refractivity contribution is 0.482. The molecule has 0 aliphatic heterocycles. The molecule has 0 fully saturated rings. The highest BCUT2D eigenvalue weighted by molar-refractivity contribution is 7.80. The molecule has 136 valence electrons. The third-order valence-corrected chi connectivity index (χ3v) is 4.27. The van der Waals surface area contributed by atoms with Crippen LogP contribution in [0.15, 0.2) is 77.9 Å². The lowest BCUT2D eigenvalue weighted by atomic mass is 10.2. The summed E-state index contributed by atoms with van der Waals surface area (Å²) in [6, 6.07) is 22.8. The van der Waals surface area contributed by atoms with Crippen molar-refractivity contribution >= 4 is 40.8 Å². The van der Waals surface area contributed by atoms with E-state index < -0.39 is 0 Å². The first-order valence-electron chi connectivity index (χ1n) is 8.29. The van der Waals surface area contributed by atoms with Gasteiger partial charge in [-0.1, -0.05) is 29.8 Å². The van der Waals surface area contributed by atoms with Crippen LogP contribution in [0.4, 0.5) is 5.69 Å². The third-order valence-electron chi connectivity index (χ3n) is 3.66. The Morgan fingerprint density at radius 1 is 1.00 bits per heavy atom. The molecule has 0 aliphatic carbocycles. The van der Waals surface area contributed by atoms with Crippen molar-refractivity contribution < 1.29 is 4.74 Å². The summed E-state index contributed by atoms with van der Waals surface area (Å²) in [5.74, 6) is 1.49. The van der Waals surface area contributed by atoms with E-state index in [1.54, 1.807) is 6.21 Å². The maximum atomic E-state index is 6.03. The molecule has 0 bridgehead atoms. The van der Waals surface area contributed by atoms with Gasteiger partial charge >= 0.3 is 0 Å². The van der Waals surface area contributed by atoms with Gasteiger partial charge in [-0.3, -0.25) is 5.43 Å². The van der Waals surface area contributed by atoms with Crippen molar-refractivity contribution in [1.29, 1.82) is 0 Å². The zero-order valence-corrected chi connectivity index (χ0v) is 16.2. The Kier molecular flexibility index (Phi) is 6.41. The van der Waals surface area contributed by atoms with Gasteiger partial charge < -0.3 is 10.1 Å². The summed E-state index contributed by atoms with van der Waals surface area (Å²) >= 11 is 11.2. The maximum Gasteiger partial charge on any atom is 0.191 e. The number of halogens is 1. The molecule has 0 saturated carbocycles. The van der Waals surface area contributed by atoms with Crippen LogP contribution in [0.3, 0.4) is 0 Å². The molecule has 3 aromatic rings. The SMILES string of the molecule is Cc1cc(Oc2ccc(/C=N/NC(=S)Nc3ccccc3)cc2)ccc1Cl. The molecular formula is C21H18ClN3OS. The first kappa shape index (κ1) is 18.9. The fourth-order valence-electron chi connectivity index (χ4n) is 2.28. The monoisotopic (exact) mass is 395 g/mol. The van der Waals surface area contributed by atoms with E-state index in [9.17, 15) is 0 Å². The normalized spacial score (nSPS) is 10.6. The van der Waals surface area contributed by atoms with Crippen molar-refractivity contribution in [1.82, 2.24) is 5.43 Å². The standard InChI is InChI=1S/C21H18ClN3OS/c1-15-13-19(11-12-20(15)22)26-18-9-7-16(8-10-18)14-23-25-21(27)24-17-5-3-2-4-6-17/h2-14H,1H3,(H2,24,25,27)/b23-14+. The minimum atomic E-state index is 0.426. The highest BCUT2D eigenvalue weighted by atomic mass is 35.5. The Balaban J connectivity index is 1.53. The fraction of sp³-hybridized carbons (Fsp3) is 0.0476. The predicted molar refractivity (Wildman–Crippen MR) is 116 cm³/mol. The number of anilines is 1. The van der Waals surface area contributed by atoms with Crippen molar-refractivity contribution in [2.45, 2.75) is 6.92 Å². The van der Waals surface area contributed by atoms with Crippen molar-refractivity contribution in [2.75, 3.05) is 5.32 Å². The van der Waals surface area contributed by atoms with E-state index in [4.69, 9.17) is 28.6 Å². The summed E-state index contributed by atoms with van der Waals surface area (Å²) < 4.78 is 5.83. The number of nitrogens with zero attached hydrogens (tertiary/aromatic N) is 1. The van der Waals surface area contributed by atoms with E-state index in [0.717, 1.165) is 33.3 Å². The first-order chi connectivity index (χ1) is 13.1. The van der Waals surface area contributed by atoms with E-state index in [2.05, 4.69) is 15.8 Å². The minimum Gasteiger partial charge on any atom is -0.457 e. The number of nitrogens with one attached hydrogen (secondary N) is 2. The molecule has 0 saturated heterocycles. The second-order valence-electron chi connectivity index (χ2n) is 5.77. The van der Waals surface area contributed by atoms with Crippen LogP contribution in [0.1, 0.15) is 11.1 Å². The zero-order chi connectivity index (χ0) is 19.1. The van der Waals surface area contributed by atoms with Crippen molar-refractivity contribution in [3.05, 3.63) is 88.9 Å². The van der Waals surface area contributed by atoms with Crippen LogP contribution in [-0.4, -0.2) is 11.3 Å². The average molecular weight is 396 g/mol. The molecule has 2 N–H and O–H groups in total. The van der Waals surface area contributed by atoms with E-state index in [1.807, 2.05) is 79.7 Å². The Morgan fingerprint density at radius 3 is 2.41 bits per heavy atom. The van der Waals surface area contributed by atoms with Gasteiger partial charge in [0.05, 0.1) is 6.21 Å². The summed E-state index contributed by atoms with van der Waals surface area (Å²) in [5.41, 5.74) is 5.60. The van der Waals surface area contributed by atoms with Crippen LogP contribution in [0.5, 0.6) is 11.5 Å². The molecule has 0 spiro atoms. The summed E-state index contributed by atoms with van der Waals surface area (Å²) in [4.78, 5) is 0. The quantitative estimate of drug-likeness (QED) is 0.327. The second kappa shape index (κ2) is 9.16. The van der Waals surface area contributed by atoms with E-state index in [-0.39, 0.29) is 0 Å². The van der Waals surface area contributed by atoms with Gasteiger partial charge in [-0.05, 0) is 84.9 Å². The van der Waals surface area contributed by atoms with Crippen LogP contribution in [0.2, 0.25) is 5.02 Å². The fourth-order valence-corrected chi connectivity index (χ4v) is 2.57. The van der Waals surface area contributed by atoms with Crippen molar-refractivity contribution in [3.63, 3.8) is 0 Å². The molecule has 0 atom stereocenters. The Labute approximate surface area is 168 Å². The average Bonchev–Trinajstić information content (AvgIpc) is 2.67. The third kappa shape index (κ3) is 5.81. The second-order valence-corrected chi connectivity index (χ2v) is 6.59. The largest absolute Gasteiger partial charge is 0.457 e. The molecule has 27 heavy (non-hydrogen) atoms. The Bertz CT molecular complexity index is 943. The van der Waals surface area contributed by atoms with Crippen LogP contribution in [-0.2, 0) is 0 Å². The molecule has 6 heteroatoms. The molecule has 0 radical (unpaired) electrons. The van der Waals surface area contributed by atoms with E-state index in [1.165, 1.54) is 0 Å². The van der Waals surface area contributed by atoms with Gasteiger partial charge in [-0.25, -0.2) is 0 Å². The number of ether oxygens (including phenoxy) is 1. The van der Waals surface area contributed by atoms with E-state index >= 15 is 0 Å². The molecular weight excluding hydrogens is 378 g/mol. The van der Waals surface area contributed by atoms with Gasteiger partial charge in [-0.15, -0.1) is 0 Å². The molecule has 0 aromatic heterocycles. The van der Waals surface area contributed by atoms with Gasteiger partial charge in [0.25, 0.3) is 0 Å². The highest BCUT2D eigenvalue weighted by Crippen LogP contribution is 2.25. The summed E-state index contributed by atoms with van der Waals surface area (Å²) in [6.45, 7) is 1.94. The number of hydrazone groups is 1. The van der Waals surface area contributed by atoms with Crippen molar-refractivity contribution in [2.24, 2.45) is 5.10 Å². The molecule has 4 nitrogen and oxygen atoms in total. The first-order valence-corrected chi connectivity index (χ1v) is 9.08. The van der Waals surface area contributed by atoms with Gasteiger partial charge in [0.2, 0.25) is 0 Å². The minimum absolute atomic E-state index is 0.426. The zero-order valence-electron chi connectivity index (χ0n) is 14.6. The van der Waals surface area contributed by atoms with Crippen LogP contribution < -0.4 is 15.5 Å².